The number of nitrogens with zero attached hydrogens (tertiary/aromatic N) is 2. The summed E-state index contributed by atoms with van der Waals surface area (Å²) in [6.07, 6.45) is 3.50. The topological polar surface area (TPSA) is 85.8 Å². The summed E-state index contributed by atoms with van der Waals surface area (Å²) < 4.78 is 26.7. The van der Waals surface area contributed by atoms with E-state index in [1.54, 1.807) is 7.05 Å². The minimum Gasteiger partial charge on any atom is -0.355 e. The number of hydrogen-bond donors (Lipinski definition) is 3. The van der Waals surface area contributed by atoms with Crippen LogP contribution in [0.15, 0.2) is 4.99 Å². The maximum Gasteiger partial charge on any atom is 0.213 e. The number of sulfonamides is 1. The van der Waals surface area contributed by atoms with Crippen LogP contribution in [0, 0.1) is 5.92 Å². The average molecular weight is 503 g/mol. The van der Waals surface area contributed by atoms with Crippen LogP contribution in [0.5, 0.6) is 0 Å². The molecule has 1 aliphatic carbocycles. The van der Waals surface area contributed by atoms with Crippen molar-refractivity contribution in [1.29, 1.82) is 0 Å². The van der Waals surface area contributed by atoms with Gasteiger partial charge >= 0.3 is 0 Å². The van der Waals surface area contributed by atoms with E-state index in [1.165, 1.54) is 6.42 Å². The highest BCUT2D eigenvalue weighted by Crippen LogP contribution is 2.25. The Balaban J connectivity index is 0.00000625. The predicted molar refractivity (Wildman–Crippen MR) is 121 cm³/mol. The van der Waals surface area contributed by atoms with Gasteiger partial charge in [0.25, 0.3) is 0 Å². The van der Waals surface area contributed by atoms with Crippen molar-refractivity contribution in [2.75, 3.05) is 39.0 Å². The van der Waals surface area contributed by atoms with Gasteiger partial charge in [-0.2, -0.15) is 0 Å². The Morgan fingerprint density at radius 1 is 1.12 bits per heavy atom. The lowest BCUT2D eigenvalue weighted by atomic mass is 9.86. The molecular formula is C17H38IN5O2S. The van der Waals surface area contributed by atoms with Crippen molar-refractivity contribution < 1.29 is 8.42 Å². The first kappa shape index (κ1) is 25.9. The normalized spacial score (nSPS) is 15.9. The molecule has 156 valence electrons. The van der Waals surface area contributed by atoms with Crippen LogP contribution in [0.1, 0.15) is 47.0 Å². The third-order valence-corrected chi connectivity index (χ3v) is 6.04. The number of aliphatic imine (C=N–C) groups is 1. The SMILES string of the molecule is CN=C(NCCN(C(C)C)C(C)C)NCCS(=O)(=O)NCC1CCC1.I. The molecule has 0 amide bonds. The summed E-state index contributed by atoms with van der Waals surface area (Å²) in [6.45, 7) is 11.4. The minimum absolute atomic E-state index is 0. The summed E-state index contributed by atoms with van der Waals surface area (Å²) >= 11 is 0. The Bertz CT molecular complexity index is 499. The van der Waals surface area contributed by atoms with Crippen LogP contribution >= 0.6 is 24.0 Å². The molecule has 0 aromatic heterocycles. The Morgan fingerprint density at radius 2 is 1.69 bits per heavy atom. The average Bonchev–Trinajstić information content (AvgIpc) is 2.46. The Hall–Kier alpha value is -0.130. The van der Waals surface area contributed by atoms with Crippen LogP contribution < -0.4 is 15.4 Å². The molecule has 0 aromatic rings. The van der Waals surface area contributed by atoms with Crippen LogP contribution in [0.2, 0.25) is 0 Å². The molecule has 0 bridgehead atoms. The van der Waals surface area contributed by atoms with Crippen LogP contribution in [0.25, 0.3) is 0 Å². The molecule has 1 aliphatic rings. The number of nitrogens with one attached hydrogen (secondary N) is 3. The van der Waals surface area contributed by atoms with Gasteiger partial charge in [-0.15, -0.1) is 24.0 Å². The van der Waals surface area contributed by atoms with Gasteiger partial charge in [0, 0.05) is 45.3 Å². The van der Waals surface area contributed by atoms with Gasteiger partial charge in [-0.25, -0.2) is 13.1 Å². The molecule has 1 rings (SSSR count). The van der Waals surface area contributed by atoms with Crippen molar-refractivity contribution in [3.05, 3.63) is 0 Å². The zero-order chi connectivity index (χ0) is 18.9. The van der Waals surface area contributed by atoms with Gasteiger partial charge in [-0.05, 0) is 46.5 Å². The predicted octanol–water partition coefficient (Wildman–Crippen LogP) is 1.61. The van der Waals surface area contributed by atoms with Crippen molar-refractivity contribution >= 4 is 40.0 Å². The third-order valence-electron chi connectivity index (χ3n) is 4.69. The lowest BCUT2D eigenvalue weighted by Crippen LogP contribution is -2.46. The Labute approximate surface area is 177 Å². The lowest BCUT2D eigenvalue weighted by Gasteiger charge is -2.30. The molecule has 0 saturated heterocycles. The molecule has 7 nitrogen and oxygen atoms in total. The molecule has 0 heterocycles. The molecule has 3 N–H and O–H groups in total. The summed E-state index contributed by atoms with van der Waals surface area (Å²) in [5.74, 6) is 1.23. The monoisotopic (exact) mass is 503 g/mol. The molecule has 9 heteroatoms. The van der Waals surface area contributed by atoms with E-state index in [9.17, 15) is 8.42 Å². The molecule has 0 radical (unpaired) electrons. The second kappa shape index (κ2) is 13.1. The van der Waals surface area contributed by atoms with Gasteiger partial charge in [0.15, 0.2) is 5.96 Å². The maximum absolute atomic E-state index is 12.0. The zero-order valence-corrected chi connectivity index (χ0v) is 20.1. The molecule has 0 atom stereocenters. The van der Waals surface area contributed by atoms with Crippen LogP contribution in [0.4, 0.5) is 0 Å². The van der Waals surface area contributed by atoms with E-state index in [4.69, 9.17) is 0 Å². The third kappa shape index (κ3) is 10.3. The summed E-state index contributed by atoms with van der Waals surface area (Å²) in [5.41, 5.74) is 0. The smallest absolute Gasteiger partial charge is 0.213 e. The molecule has 0 aromatic carbocycles. The van der Waals surface area contributed by atoms with Crippen molar-refractivity contribution in [1.82, 2.24) is 20.3 Å². The summed E-state index contributed by atoms with van der Waals surface area (Å²) in [7, 11) is -1.52. The zero-order valence-electron chi connectivity index (χ0n) is 16.9. The number of rotatable bonds is 11. The molecular weight excluding hydrogens is 465 g/mol. The summed E-state index contributed by atoms with van der Waals surface area (Å²) in [6, 6.07) is 0.979. The molecule has 1 fully saturated rings. The fourth-order valence-corrected chi connectivity index (χ4v) is 3.96. The van der Waals surface area contributed by atoms with Crippen LogP contribution in [-0.4, -0.2) is 70.3 Å². The first-order valence-electron chi connectivity index (χ1n) is 9.42. The van der Waals surface area contributed by atoms with Crippen molar-refractivity contribution in [2.45, 2.75) is 59.0 Å². The van der Waals surface area contributed by atoms with Gasteiger partial charge < -0.3 is 10.6 Å². The second-order valence-corrected chi connectivity index (χ2v) is 9.24. The molecule has 26 heavy (non-hydrogen) atoms. The first-order chi connectivity index (χ1) is 11.7. The number of hydrogen-bond acceptors (Lipinski definition) is 4. The fraction of sp³-hybridized carbons (Fsp3) is 0.941. The van der Waals surface area contributed by atoms with E-state index in [1.807, 2.05) is 0 Å². The lowest BCUT2D eigenvalue weighted by molar-refractivity contribution is 0.178. The largest absolute Gasteiger partial charge is 0.355 e. The minimum atomic E-state index is -3.22. The molecule has 0 spiro atoms. The molecule has 0 aliphatic heterocycles. The van der Waals surface area contributed by atoms with E-state index in [0.29, 0.717) is 37.1 Å². The van der Waals surface area contributed by atoms with Gasteiger partial charge in [0.2, 0.25) is 10.0 Å². The Morgan fingerprint density at radius 3 is 2.15 bits per heavy atom. The summed E-state index contributed by atoms with van der Waals surface area (Å²) in [5, 5.41) is 6.32. The molecule has 1 saturated carbocycles. The van der Waals surface area contributed by atoms with Gasteiger partial charge in [0.1, 0.15) is 0 Å². The maximum atomic E-state index is 12.0. The quantitative estimate of drug-likeness (QED) is 0.227. The van der Waals surface area contributed by atoms with Crippen molar-refractivity contribution in [3.8, 4) is 0 Å². The van der Waals surface area contributed by atoms with Crippen LogP contribution in [-0.2, 0) is 10.0 Å². The van der Waals surface area contributed by atoms with Gasteiger partial charge in [0.05, 0.1) is 5.75 Å². The van der Waals surface area contributed by atoms with Crippen LogP contribution in [0.3, 0.4) is 0 Å². The van der Waals surface area contributed by atoms with E-state index >= 15 is 0 Å². The van der Waals surface area contributed by atoms with Gasteiger partial charge in [-0.3, -0.25) is 9.89 Å². The van der Waals surface area contributed by atoms with E-state index < -0.39 is 10.0 Å². The van der Waals surface area contributed by atoms with Crippen molar-refractivity contribution in [3.63, 3.8) is 0 Å². The highest BCUT2D eigenvalue weighted by atomic mass is 127. The summed E-state index contributed by atoms with van der Waals surface area (Å²) in [4.78, 5) is 6.55. The highest BCUT2D eigenvalue weighted by molar-refractivity contribution is 14.0. The number of halogens is 1. The van der Waals surface area contributed by atoms with E-state index in [-0.39, 0.29) is 29.7 Å². The fourth-order valence-electron chi connectivity index (χ4n) is 2.95. The van der Waals surface area contributed by atoms with E-state index in [2.05, 4.69) is 52.9 Å². The first-order valence-corrected chi connectivity index (χ1v) is 11.1. The van der Waals surface area contributed by atoms with E-state index in [0.717, 1.165) is 25.9 Å². The number of guanidine groups is 1. The second-order valence-electron chi connectivity index (χ2n) is 7.32. The highest BCUT2D eigenvalue weighted by Gasteiger charge is 2.20. The Kier molecular flexibility index (Phi) is 13.0. The standard InChI is InChI=1S/C17H37N5O2S.HI/c1-14(2)22(15(3)4)11-9-19-17(18-5)20-10-12-25(23,24)21-13-16-7-6-8-16;/h14-16,21H,6-13H2,1-5H3,(H2,18,19,20);1H. The van der Waals surface area contributed by atoms with Crippen molar-refractivity contribution in [2.24, 2.45) is 10.9 Å². The van der Waals surface area contributed by atoms with Gasteiger partial charge in [-0.1, -0.05) is 6.42 Å². The molecule has 0 unspecified atom stereocenters.